The third kappa shape index (κ3) is 2.09. The van der Waals surface area contributed by atoms with Gasteiger partial charge in [-0.15, -0.1) is 0 Å². The molecule has 0 saturated heterocycles. The van der Waals surface area contributed by atoms with Crippen molar-refractivity contribution < 1.29 is 13.2 Å². The molecule has 0 aromatic heterocycles. The van der Waals surface area contributed by atoms with Crippen LogP contribution >= 0.6 is 0 Å². The highest BCUT2D eigenvalue weighted by atomic mass is 19.4. The first-order chi connectivity index (χ1) is 5.04. The fourth-order valence-electron chi connectivity index (χ4n) is 1.59. The normalized spacial score (nSPS) is 32.7. The van der Waals surface area contributed by atoms with Crippen molar-refractivity contribution >= 4 is 0 Å². The maximum absolute atomic E-state index is 12.0. The molecule has 0 heterocycles. The molecule has 1 aliphatic rings. The summed E-state index contributed by atoms with van der Waals surface area (Å²) in [5.41, 5.74) is 5.27. The van der Waals surface area contributed by atoms with Gasteiger partial charge in [-0.3, -0.25) is 0 Å². The van der Waals surface area contributed by atoms with Crippen LogP contribution in [0.5, 0.6) is 0 Å². The monoisotopic (exact) mass is 167 g/mol. The highest BCUT2D eigenvalue weighted by Crippen LogP contribution is 2.41. The van der Waals surface area contributed by atoms with Crippen molar-refractivity contribution in [3.63, 3.8) is 0 Å². The first-order valence-corrected chi connectivity index (χ1v) is 3.81. The Kier molecular flexibility index (Phi) is 2.42. The van der Waals surface area contributed by atoms with Crippen LogP contribution in [0.25, 0.3) is 0 Å². The van der Waals surface area contributed by atoms with Crippen LogP contribution in [0.1, 0.15) is 19.3 Å². The molecule has 0 unspecified atom stereocenters. The molecule has 0 spiro atoms. The molecule has 1 nitrogen and oxygen atoms in total. The Morgan fingerprint density at radius 3 is 2.18 bits per heavy atom. The van der Waals surface area contributed by atoms with Gasteiger partial charge in [0, 0.05) is 0 Å². The summed E-state index contributed by atoms with van der Waals surface area (Å²) in [6, 6.07) is 0. The molecule has 1 rings (SSSR count). The fourth-order valence-corrected chi connectivity index (χ4v) is 1.59. The van der Waals surface area contributed by atoms with E-state index in [9.17, 15) is 13.2 Å². The number of hydrogen-bond donors (Lipinski definition) is 1. The second-order valence-electron chi connectivity index (χ2n) is 3.15. The minimum atomic E-state index is -4.00. The predicted octanol–water partition coefficient (Wildman–Crippen LogP) is 1.92. The van der Waals surface area contributed by atoms with Crippen molar-refractivity contribution in [2.75, 3.05) is 6.54 Å². The lowest BCUT2D eigenvalue weighted by Crippen LogP contribution is -2.21. The summed E-state index contributed by atoms with van der Waals surface area (Å²) in [6.45, 7) is 0.395. The molecule has 1 fully saturated rings. The molecular weight excluding hydrogens is 155 g/mol. The zero-order valence-corrected chi connectivity index (χ0v) is 6.19. The molecule has 66 valence electrons. The Balaban J connectivity index is 2.42. The SMILES string of the molecule is NC[C@@H]1CC[C@H](C(F)(F)F)C1. The third-order valence-electron chi connectivity index (χ3n) is 2.34. The van der Waals surface area contributed by atoms with Crippen LogP contribution in [0.2, 0.25) is 0 Å². The van der Waals surface area contributed by atoms with E-state index >= 15 is 0 Å². The average Bonchev–Trinajstić information content (AvgIpc) is 2.32. The molecule has 2 N–H and O–H groups in total. The summed E-state index contributed by atoms with van der Waals surface area (Å²) in [5.74, 6) is -0.988. The molecule has 0 bridgehead atoms. The highest BCUT2D eigenvalue weighted by Gasteiger charge is 2.43. The molecule has 1 aliphatic carbocycles. The van der Waals surface area contributed by atoms with E-state index in [4.69, 9.17) is 5.73 Å². The summed E-state index contributed by atoms with van der Waals surface area (Å²) in [4.78, 5) is 0. The van der Waals surface area contributed by atoms with Gasteiger partial charge in [0.2, 0.25) is 0 Å². The van der Waals surface area contributed by atoms with Gasteiger partial charge < -0.3 is 5.73 Å². The molecule has 4 heteroatoms. The Bertz CT molecular complexity index is 132. The van der Waals surface area contributed by atoms with Gasteiger partial charge in [0.15, 0.2) is 0 Å². The van der Waals surface area contributed by atoms with Gasteiger partial charge in [0.1, 0.15) is 0 Å². The van der Waals surface area contributed by atoms with Gasteiger partial charge in [-0.05, 0) is 31.7 Å². The number of alkyl halides is 3. The minimum absolute atomic E-state index is 0.0987. The highest BCUT2D eigenvalue weighted by molar-refractivity contribution is 4.80. The Labute approximate surface area is 63.8 Å². The predicted molar refractivity (Wildman–Crippen MR) is 35.9 cm³/mol. The third-order valence-corrected chi connectivity index (χ3v) is 2.34. The van der Waals surface area contributed by atoms with Gasteiger partial charge in [-0.2, -0.15) is 13.2 Å². The van der Waals surface area contributed by atoms with Crippen LogP contribution in [0.4, 0.5) is 13.2 Å². The quantitative estimate of drug-likeness (QED) is 0.634. The van der Waals surface area contributed by atoms with Gasteiger partial charge >= 0.3 is 6.18 Å². The topological polar surface area (TPSA) is 26.0 Å². The summed E-state index contributed by atoms with van der Waals surface area (Å²) >= 11 is 0. The maximum Gasteiger partial charge on any atom is 0.391 e. The van der Waals surface area contributed by atoms with Crippen molar-refractivity contribution in [3.8, 4) is 0 Å². The standard InChI is InChI=1S/C7H12F3N/c8-7(9,10)6-2-1-5(3-6)4-11/h5-6H,1-4,11H2/t5-,6+/m1/s1. The van der Waals surface area contributed by atoms with Crippen LogP contribution in [0.15, 0.2) is 0 Å². The van der Waals surface area contributed by atoms with Gasteiger partial charge in [0.05, 0.1) is 5.92 Å². The van der Waals surface area contributed by atoms with Gasteiger partial charge in [-0.1, -0.05) is 0 Å². The van der Waals surface area contributed by atoms with Crippen LogP contribution in [0, 0.1) is 11.8 Å². The summed E-state index contributed by atoms with van der Waals surface area (Å²) in [5, 5.41) is 0. The average molecular weight is 167 g/mol. The zero-order valence-electron chi connectivity index (χ0n) is 6.19. The summed E-state index contributed by atoms with van der Waals surface area (Å²) in [6.07, 6.45) is -2.85. The van der Waals surface area contributed by atoms with E-state index in [1.165, 1.54) is 0 Å². The molecule has 0 radical (unpaired) electrons. The first kappa shape index (κ1) is 8.84. The zero-order chi connectivity index (χ0) is 8.48. The fraction of sp³-hybridized carbons (Fsp3) is 1.00. The van der Waals surface area contributed by atoms with Crippen LogP contribution in [0.3, 0.4) is 0 Å². The molecule has 1 saturated carbocycles. The minimum Gasteiger partial charge on any atom is -0.330 e. The second-order valence-corrected chi connectivity index (χ2v) is 3.15. The molecular formula is C7H12F3N. The Morgan fingerprint density at radius 1 is 1.27 bits per heavy atom. The van der Waals surface area contributed by atoms with Gasteiger partial charge in [0.25, 0.3) is 0 Å². The van der Waals surface area contributed by atoms with E-state index in [1.807, 2.05) is 0 Å². The van der Waals surface area contributed by atoms with Gasteiger partial charge in [-0.25, -0.2) is 0 Å². The van der Waals surface area contributed by atoms with E-state index in [2.05, 4.69) is 0 Å². The van der Waals surface area contributed by atoms with E-state index < -0.39 is 12.1 Å². The largest absolute Gasteiger partial charge is 0.391 e. The summed E-state index contributed by atoms with van der Waals surface area (Å²) in [7, 11) is 0. The van der Waals surface area contributed by atoms with Crippen molar-refractivity contribution in [2.24, 2.45) is 17.6 Å². The Morgan fingerprint density at radius 2 is 1.91 bits per heavy atom. The lowest BCUT2D eigenvalue weighted by atomic mass is 10.1. The Hall–Kier alpha value is -0.250. The maximum atomic E-state index is 12.0. The van der Waals surface area contributed by atoms with E-state index in [-0.39, 0.29) is 18.8 Å². The number of halogens is 3. The second kappa shape index (κ2) is 3.01. The smallest absolute Gasteiger partial charge is 0.330 e. The molecule has 0 aliphatic heterocycles. The number of hydrogen-bond acceptors (Lipinski definition) is 1. The van der Waals surface area contributed by atoms with E-state index in [0.29, 0.717) is 13.0 Å². The number of rotatable bonds is 1. The van der Waals surface area contributed by atoms with E-state index in [1.54, 1.807) is 0 Å². The molecule has 2 atom stereocenters. The van der Waals surface area contributed by atoms with Crippen molar-refractivity contribution in [1.82, 2.24) is 0 Å². The first-order valence-electron chi connectivity index (χ1n) is 3.81. The lowest BCUT2D eigenvalue weighted by molar-refractivity contribution is -0.173. The molecule has 0 aromatic rings. The van der Waals surface area contributed by atoms with Crippen molar-refractivity contribution in [2.45, 2.75) is 25.4 Å². The molecule has 11 heavy (non-hydrogen) atoms. The van der Waals surface area contributed by atoms with Crippen LogP contribution in [-0.2, 0) is 0 Å². The van der Waals surface area contributed by atoms with Crippen LogP contribution < -0.4 is 5.73 Å². The van der Waals surface area contributed by atoms with Crippen LogP contribution in [-0.4, -0.2) is 12.7 Å². The van der Waals surface area contributed by atoms with Crippen molar-refractivity contribution in [3.05, 3.63) is 0 Å². The number of nitrogens with two attached hydrogens (primary N) is 1. The molecule has 0 aromatic carbocycles. The molecule has 0 amide bonds. The van der Waals surface area contributed by atoms with E-state index in [0.717, 1.165) is 0 Å². The summed E-state index contributed by atoms with van der Waals surface area (Å²) < 4.78 is 36.1. The lowest BCUT2D eigenvalue weighted by Gasteiger charge is -2.13. The van der Waals surface area contributed by atoms with Crippen molar-refractivity contribution in [1.29, 1.82) is 0 Å².